The highest BCUT2D eigenvalue weighted by Gasteiger charge is 2.16. The van der Waals surface area contributed by atoms with E-state index in [4.69, 9.17) is 18.9 Å². The summed E-state index contributed by atoms with van der Waals surface area (Å²) in [5.41, 5.74) is 2.58. The number of hydrogen-bond donors (Lipinski definition) is 0. The fourth-order valence-electron chi connectivity index (χ4n) is 2.98. The van der Waals surface area contributed by atoms with E-state index in [0.717, 1.165) is 16.9 Å². The Morgan fingerprint density at radius 2 is 1.70 bits per heavy atom. The van der Waals surface area contributed by atoms with E-state index in [2.05, 4.69) is 15.0 Å². The molecule has 1 aliphatic heterocycles. The van der Waals surface area contributed by atoms with Crippen LogP contribution in [0.5, 0.6) is 34.9 Å². The topological polar surface area (TPSA) is 80.5 Å². The first kappa shape index (κ1) is 18.0. The summed E-state index contributed by atoms with van der Waals surface area (Å²) in [6.45, 7) is 4.00. The van der Waals surface area contributed by atoms with Crippen molar-refractivity contribution in [2.24, 2.45) is 0 Å². The number of hydrogen-bond acceptors (Lipinski definition) is 7. The van der Waals surface area contributed by atoms with Gasteiger partial charge < -0.3 is 23.5 Å². The van der Waals surface area contributed by atoms with Crippen LogP contribution in [-0.2, 0) is 0 Å². The fraction of sp³-hybridized carbons (Fsp3) is 0.136. The summed E-state index contributed by atoms with van der Waals surface area (Å²) in [6, 6.07) is 13.2. The van der Waals surface area contributed by atoms with E-state index in [9.17, 15) is 0 Å². The number of aryl methyl sites for hydroxylation is 1. The minimum absolute atomic E-state index is 0.210. The SMILES string of the molecule is Cc1nc(Oc2ccc(-n3ccnc3)cc2)nc(Oc2ccc3c(c2)OCO3)c1C. The molecule has 0 aliphatic carbocycles. The molecule has 5 rings (SSSR count). The van der Waals surface area contributed by atoms with Gasteiger partial charge in [-0.3, -0.25) is 0 Å². The van der Waals surface area contributed by atoms with Gasteiger partial charge in [0.05, 0.1) is 12.0 Å². The van der Waals surface area contributed by atoms with Gasteiger partial charge in [0, 0.05) is 29.7 Å². The molecular formula is C22H18N4O4. The molecule has 1 aliphatic rings. The van der Waals surface area contributed by atoms with Gasteiger partial charge in [0.2, 0.25) is 12.7 Å². The van der Waals surface area contributed by atoms with Crippen molar-refractivity contribution in [3.63, 3.8) is 0 Å². The number of ether oxygens (including phenoxy) is 4. The highest BCUT2D eigenvalue weighted by molar-refractivity contribution is 5.48. The molecule has 0 fully saturated rings. The van der Waals surface area contributed by atoms with Crippen molar-refractivity contribution in [2.45, 2.75) is 13.8 Å². The van der Waals surface area contributed by atoms with Gasteiger partial charge >= 0.3 is 6.01 Å². The molecule has 0 unspecified atom stereocenters. The van der Waals surface area contributed by atoms with Crippen LogP contribution in [0.15, 0.2) is 61.2 Å². The maximum absolute atomic E-state index is 5.98. The first-order valence-corrected chi connectivity index (χ1v) is 9.35. The quantitative estimate of drug-likeness (QED) is 0.483. The van der Waals surface area contributed by atoms with Crippen LogP contribution in [0.4, 0.5) is 0 Å². The van der Waals surface area contributed by atoms with Crippen LogP contribution in [0.1, 0.15) is 11.3 Å². The number of rotatable bonds is 5. The van der Waals surface area contributed by atoms with Crippen LogP contribution >= 0.6 is 0 Å². The number of aromatic nitrogens is 4. The van der Waals surface area contributed by atoms with Gasteiger partial charge in [0.25, 0.3) is 0 Å². The summed E-state index contributed by atoms with van der Waals surface area (Å²) in [7, 11) is 0. The smallest absolute Gasteiger partial charge is 0.325 e. The second-order valence-electron chi connectivity index (χ2n) is 6.70. The fourth-order valence-corrected chi connectivity index (χ4v) is 2.98. The standard InChI is InChI=1S/C22H18N4O4/c1-14-15(2)24-22(30-17-5-3-16(4-6-17)26-10-9-23-12-26)25-21(14)29-18-7-8-19-20(11-18)28-13-27-19/h3-12H,13H2,1-2H3. The number of nitrogens with zero attached hydrogens (tertiary/aromatic N) is 4. The maximum atomic E-state index is 5.98. The van der Waals surface area contributed by atoms with Crippen LogP contribution in [0.3, 0.4) is 0 Å². The van der Waals surface area contributed by atoms with Crippen LogP contribution in [0.25, 0.3) is 5.69 Å². The van der Waals surface area contributed by atoms with Crippen LogP contribution < -0.4 is 18.9 Å². The minimum Gasteiger partial charge on any atom is -0.454 e. The maximum Gasteiger partial charge on any atom is 0.325 e. The normalized spacial score (nSPS) is 12.1. The zero-order valence-corrected chi connectivity index (χ0v) is 16.4. The van der Waals surface area contributed by atoms with Crippen LogP contribution in [0, 0.1) is 13.8 Å². The van der Waals surface area contributed by atoms with E-state index in [0.29, 0.717) is 28.9 Å². The van der Waals surface area contributed by atoms with Crippen molar-refractivity contribution in [3.8, 4) is 40.6 Å². The number of benzene rings is 2. The van der Waals surface area contributed by atoms with Crippen molar-refractivity contribution in [1.82, 2.24) is 19.5 Å². The molecule has 0 spiro atoms. The number of imidazole rings is 1. The third-order valence-corrected chi connectivity index (χ3v) is 4.73. The third-order valence-electron chi connectivity index (χ3n) is 4.73. The lowest BCUT2D eigenvalue weighted by atomic mass is 10.2. The Morgan fingerprint density at radius 3 is 2.50 bits per heavy atom. The van der Waals surface area contributed by atoms with E-state index < -0.39 is 0 Å². The Morgan fingerprint density at radius 1 is 0.900 bits per heavy atom. The molecule has 30 heavy (non-hydrogen) atoms. The predicted molar refractivity (Wildman–Crippen MR) is 108 cm³/mol. The molecule has 8 nitrogen and oxygen atoms in total. The summed E-state index contributed by atoms with van der Waals surface area (Å²) < 4.78 is 24.5. The van der Waals surface area contributed by atoms with E-state index in [1.54, 1.807) is 30.7 Å². The molecule has 0 N–H and O–H groups in total. The van der Waals surface area contributed by atoms with Crippen molar-refractivity contribution in [3.05, 3.63) is 72.4 Å². The average Bonchev–Trinajstić information content (AvgIpc) is 3.44. The largest absolute Gasteiger partial charge is 0.454 e. The molecule has 0 radical (unpaired) electrons. The lowest BCUT2D eigenvalue weighted by Crippen LogP contribution is -2.01. The average molecular weight is 402 g/mol. The van der Waals surface area contributed by atoms with Gasteiger partial charge in [-0.2, -0.15) is 9.97 Å². The predicted octanol–water partition coefficient (Wildman–Crippen LogP) is 4.59. The molecule has 0 amide bonds. The van der Waals surface area contributed by atoms with Crippen molar-refractivity contribution >= 4 is 0 Å². The van der Waals surface area contributed by atoms with Crippen molar-refractivity contribution in [1.29, 1.82) is 0 Å². The van der Waals surface area contributed by atoms with Gasteiger partial charge in [-0.05, 0) is 50.2 Å². The second kappa shape index (κ2) is 7.40. The summed E-state index contributed by atoms with van der Waals surface area (Å²) in [5, 5.41) is 0. The zero-order chi connectivity index (χ0) is 20.5. The molecule has 0 atom stereocenters. The minimum atomic E-state index is 0.210. The van der Waals surface area contributed by atoms with E-state index >= 15 is 0 Å². The van der Waals surface area contributed by atoms with Crippen LogP contribution in [-0.4, -0.2) is 26.3 Å². The van der Waals surface area contributed by atoms with Crippen LogP contribution in [0.2, 0.25) is 0 Å². The Kier molecular flexibility index (Phi) is 4.44. The molecule has 4 aromatic rings. The van der Waals surface area contributed by atoms with Gasteiger partial charge in [-0.1, -0.05) is 0 Å². The first-order chi connectivity index (χ1) is 14.7. The zero-order valence-electron chi connectivity index (χ0n) is 16.4. The molecular weight excluding hydrogens is 384 g/mol. The molecule has 8 heteroatoms. The molecule has 2 aromatic carbocycles. The summed E-state index contributed by atoms with van der Waals surface area (Å²) >= 11 is 0. The summed E-state index contributed by atoms with van der Waals surface area (Å²) in [4.78, 5) is 12.9. The van der Waals surface area contributed by atoms with Gasteiger partial charge in [-0.25, -0.2) is 4.98 Å². The van der Waals surface area contributed by atoms with Gasteiger partial charge in [0.15, 0.2) is 11.5 Å². The third kappa shape index (κ3) is 3.50. The van der Waals surface area contributed by atoms with Gasteiger partial charge in [-0.15, -0.1) is 0 Å². The summed E-state index contributed by atoms with van der Waals surface area (Å²) in [6.07, 6.45) is 5.35. The molecule has 0 bridgehead atoms. The molecule has 3 heterocycles. The Labute approximate surface area is 172 Å². The molecule has 0 saturated heterocycles. The Balaban J connectivity index is 1.38. The summed E-state index contributed by atoms with van der Waals surface area (Å²) in [5.74, 6) is 2.98. The molecule has 0 saturated carbocycles. The molecule has 150 valence electrons. The first-order valence-electron chi connectivity index (χ1n) is 9.35. The number of fused-ring (bicyclic) bond motifs is 1. The lowest BCUT2D eigenvalue weighted by molar-refractivity contribution is 0.174. The van der Waals surface area contributed by atoms with Crippen molar-refractivity contribution in [2.75, 3.05) is 6.79 Å². The second-order valence-corrected chi connectivity index (χ2v) is 6.70. The van der Waals surface area contributed by atoms with E-state index in [-0.39, 0.29) is 12.8 Å². The van der Waals surface area contributed by atoms with Gasteiger partial charge in [0.1, 0.15) is 11.5 Å². The Bertz CT molecular complexity index is 1190. The highest BCUT2D eigenvalue weighted by atomic mass is 16.7. The monoisotopic (exact) mass is 402 g/mol. The highest BCUT2D eigenvalue weighted by Crippen LogP contribution is 2.37. The van der Waals surface area contributed by atoms with Crippen molar-refractivity contribution < 1.29 is 18.9 Å². The lowest BCUT2D eigenvalue weighted by Gasteiger charge is -2.12. The molecule has 2 aromatic heterocycles. The van der Waals surface area contributed by atoms with E-state index in [1.807, 2.05) is 48.9 Å². The Hall–Kier alpha value is -4.07. The van der Waals surface area contributed by atoms with E-state index in [1.165, 1.54) is 0 Å².